The monoisotopic (exact) mass is 182 g/mol. The van der Waals surface area contributed by atoms with Crippen LogP contribution in [0.2, 0.25) is 0 Å². The Bertz CT molecular complexity index is 438. The smallest absolute Gasteiger partial charge is 0.190 e. The van der Waals surface area contributed by atoms with E-state index in [-0.39, 0.29) is 0 Å². The minimum absolute atomic E-state index is 0.343. The second-order valence-electron chi connectivity index (χ2n) is 2.29. The Balaban J connectivity index is 2.79. The molecule has 0 fully saturated rings. The molecule has 0 bridgehead atoms. The second kappa shape index (κ2) is 2.69. The fourth-order valence-electron chi connectivity index (χ4n) is 1.05. The second-order valence-corrected chi connectivity index (χ2v) is 3.23. The van der Waals surface area contributed by atoms with Gasteiger partial charge in [-0.25, -0.2) is 8.72 Å². The lowest BCUT2D eigenvalue weighted by Gasteiger charge is -1.91. The van der Waals surface area contributed by atoms with E-state index in [0.717, 1.165) is 0 Å². The lowest BCUT2D eigenvalue weighted by Crippen LogP contribution is -1.87. The van der Waals surface area contributed by atoms with E-state index in [4.69, 9.17) is 4.55 Å². The molecule has 1 atom stereocenters. The molecular weight excluding hydrogens is 176 g/mol. The maximum absolute atomic E-state index is 10.7. The molecule has 62 valence electrons. The molecule has 0 saturated heterocycles. The highest BCUT2D eigenvalue weighted by molar-refractivity contribution is 7.79. The third kappa shape index (κ3) is 1.03. The van der Waals surface area contributed by atoms with Crippen molar-refractivity contribution in [2.45, 2.75) is 4.90 Å². The van der Waals surface area contributed by atoms with E-state index >= 15 is 0 Å². The van der Waals surface area contributed by atoms with Crippen molar-refractivity contribution in [1.82, 2.24) is 9.61 Å². The average Bonchev–Trinajstić information content (AvgIpc) is 2.47. The fraction of sp³-hybridized carbons (Fsp3) is 0. The first-order chi connectivity index (χ1) is 5.79. The summed E-state index contributed by atoms with van der Waals surface area (Å²) in [6, 6.07) is 5.36. The van der Waals surface area contributed by atoms with Gasteiger partial charge in [0.15, 0.2) is 11.1 Å². The van der Waals surface area contributed by atoms with Gasteiger partial charge in [-0.15, -0.1) is 0 Å². The molecule has 0 saturated carbocycles. The van der Waals surface area contributed by atoms with Crippen LogP contribution in [0.3, 0.4) is 0 Å². The lowest BCUT2D eigenvalue weighted by atomic mass is 10.4. The number of fused-ring (bicyclic) bond motifs is 1. The molecule has 5 heteroatoms. The van der Waals surface area contributed by atoms with Gasteiger partial charge in [-0.05, 0) is 12.1 Å². The van der Waals surface area contributed by atoms with Crippen LogP contribution in [0.5, 0.6) is 0 Å². The van der Waals surface area contributed by atoms with Crippen molar-refractivity contribution in [3.05, 3.63) is 30.6 Å². The van der Waals surface area contributed by atoms with Gasteiger partial charge >= 0.3 is 0 Å². The van der Waals surface area contributed by atoms with Crippen LogP contribution >= 0.6 is 0 Å². The molecule has 0 aliphatic rings. The molecule has 12 heavy (non-hydrogen) atoms. The van der Waals surface area contributed by atoms with Gasteiger partial charge in [0.1, 0.15) is 4.90 Å². The van der Waals surface area contributed by atoms with E-state index in [1.807, 2.05) is 6.07 Å². The predicted molar refractivity (Wildman–Crippen MR) is 44.2 cm³/mol. The van der Waals surface area contributed by atoms with E-state index < -0.39 is 11.1 Å². The molecule has 0 aliphatic carbocycles. The largest absolute Gasteiger partial charge is 0.302 e. The van der Waals surface area contributed by atoms with Crippen LogP contribution in [0.25, 0.3) is 5.52 Å². The highest BCUT2D eigenvalue weighted by Gasteiger charge is 2.06. The van der Waals surface area contributed by atoms with Gasteiger partial charge in [0.25, 0.3) is 0 Å². The van der Waals surface area contributed by atoms with Crippen molar-refractivity contribution in [1.29, 1.82) is 0 Å². The van der Waals surface area contributed by atoms with Crippen LogP contribution in [-0.2, 0) is 11.1 Å². The van der Waals surface area contributed by atoms with Crippen LogP contribution in [0.15, 0.2) is 35.5 Å². The van der Waals surface area contributed by atoms with E-state index in [2.05, 4.69) is 5.10 Å². The highest BCUT2D eigenvalue weighted by Crippen LogP contribution is 2.12. The Kier molecular flexibility index (Phi) is 1.67. The van der Waals surface area contributed by atoms with Gasteiger partial charge in [0.05, 0.1) is 11.7 Å². The summed E-state index contributed by atoms with van der Waals surface area (Å²) in [7, 11) is 0. The lowest BCUT2D eigenvalue weighted by molar-refractivity contribution is 0.565. The summed E-state index contributed by atoms with van der Waals surface area (Å²) < 4.78 is 21.1. The Morgan fingerprint density at radius 3 is 3.08 bits per heavy atom. The molecule has 2 aromatic heterocycles. The van der Waals surface area contributed by atoms with Crippen LogP contribution in [0.4, 0.5) is 0 Å². The van der Waals surface area contributed by atoms with Crippen LogP contribution in [0, 0.1) is 0 Å². The first kappa shape index (κ1) is 7.45. The van der Waals surface area contributed by atoms with Gasteiger partial charge in [0, 0.05) is 6.20 Å². The Morgan fingerprint density at radius 2 is 2.33 bits per heavy atom. The zero-order valence-electron chi connectivity index (χ0n) is 6.04. The van der Waals surface area contributed by atoms with Crippen LogP contribution in [-0.4, -0.2) is 18.4 Å². The zero-order chi connectivity index (χ0) is 8.55. The van der Waals surface area contributed by atoms with Gasteiger partial charge in [-0.3, -0.25) is 0 Å². The Hall–Kier alpha value is -1.20. The summed E-state index contributed by atoms with van der Waals surface area (Å²) in [4.78, 5) is 0.343. The third-order valence-corrected chi connectivity index (χ3v) is 2.27. The van der Waals surface area contributed by atoms with Crippen molar-refractivity contribution in [3.63, 3.8) is 0 Å². The number of pyridine rings is 1. The normalized spacial score (nSPS) is 13.4. The van der Waals surface area contributed by atoms with Gasteiger partial charge in [-0.2, -0.15) is 5.10 Å². The number of rotatable bonds is 1. The zero-order valence-corrected chi connectivity index (χ0v) is 6.86. The molecule has 0 spiro atoms. The standard InChI is InChI=1S/C7H6N2O2S/c10-12(11)7-5-8-9-4-2-1-3-6(7)9/h1-5H,(H,10,11). The summed E-state index contributed by atoms with van der Waals surface area (Å²) in [5.41, 5.74) is 0.665. The molecule has 4 nitrogen and oxygen atoms in total. The van der Waals surface area contributed by atoms with Gasteiger partial charge < -0.3 is 4.55 Å². The number of nitrogens with zero attached hydrogens (tertiary/aromatic N) is 2. The Morgan fingerprint density at radius 1 is 1.50 bits per heavy atom. The molecule has 0 aliphatic heterocycles. The molecule has 2 heterocycles. The van der Waals surface area contributed by atoms with Crippen molar-refractivity contribution in [2.75, 3.05) is 0 Å². The SMILES string of the molecule is O=S(O)c1cnn2ccccc12. The summed E-state index contributed by atoms with van der Waals surface area (Å²) in [5.74, 6) is 0. The number of aromatic nitrogens is 2. The molecule has 2 rings (SSSR count). The van der Waals surface area contributed by atoms with Gasteiger partial charge in [-0.1, -0.05) is 6.07 Å². The first-order valence-corrected chi connectivity index (χ1v) is 4.43. The summed E-state index contributed by atoms with van der Waals surface area (Å²) in [5, 5.41) is 3.90. The molecule has 2 aromatic rings. The van der Waals surface area contributed by atoms with Crippen molar-refractivity contribution in [3.8, 4) is 0 Å². The molecule has 0 radical (unpaired) electrons. The predicted octanol–water partition coefficient (Wildman–Crippen LogP) is 0.915. The van der Waals surface area contributed by atoms with E-state index in [1.165, 1.54) is 6.20 Å². The highest BCUT2D eigenvalue weighted by atomic mass is 32.2. The minimum atomic E-state index is -1.96. The van der Waals surface area contributed by atoms with Crippen LogP contribution in [0.1, 0.15) is 0 Å². The minimum Gasteiger partial charge on any atom is -0.302 e. The van der Waals surface area contributed by atoms with E-state index in [0.29, 0.717) is 10.4 Å². The quantitative estimate of drug-likeness (QED) is 0.667. The van der Waals surface area contributed by atoms with E-state index in [9.17, 15) is 4.21 Å². The maximum atomic E-state index is 10.7. The molecular formula is C7H6N2O2S. The van der Waals surface area contributed by atoms with Crippen molar-refractivity contribution in [2.24, 2.45) is 0 Å². The topological polar surface area (TPSA) is 54.6 Å². The maximum Gasteiger partial charge on any atom is 0.190 e. The summed E-state index contributed by atoms with van der Waals surface area (Å²) in [6.07, 6.45) is 3.12. The molecule has 0 amide bonds. The van der Waals surface area contributed by atoms with Gasteiger partial charge in [0.2, 0.25) is 0 Å². The van der Waals surface area contributed by atoms with Crippen molar-refractivity contribution < 1.29 is 8.76 Å². The van der Waals surface area contributed by atoms with Crippen molar-refractivity contribution >= 4 is 16.6 Å². The molecule has 1 N–H and O–H groups in total. The number of hydrogen-bond acceptors (Lipinski definition) is 2. The third-order valence-electron chi connectivity index (χ3n) is 1.58. The number of hydrogen-bond donors (Lipinski definition) is 1. The van der Waals surface area contributed by atoms with Crippen LogP contribution < -0.4 is 0 Å². The van der Waals surface area contributed by atoms with E-state index in [1.54, 1.807) is 22.8 Å². The summed E-state index contributed by atoms with van der Waals surface area (Å²) in [6.45, 7) is 0. The first-order valence-electron chi connectivity index (χ1n) is 3.32. The average molecular weight is 182 g/mol. The molecule has 1 unspecified atom stereocenters. The summed E-state index contributed by atoms with van der Waals surface area (Å²) >= 11 is -1.96. The Labute approximate surface area is 71.1 Å². The molecule has 0 aromatic carbocycles. The fourth-order valence-corrected chi connectivity index (χ4v) is 1.52.